The van der Waals surface area contributed by atoms with Gasteiger partial charge in [-0.05, 0) is 44.5 Å². The van der Waals surface area contributed by atoms with Gasteiger partial charge >= 0.3 is 0 Å². The average molecular weight is 248 g/mol. The van der Waals surface area contributed by atoms with Crippen molar-refractivity contribution in [3.05, 3.63) is 23.8 Å². The van der Waals surface area contributed by atoms with Crippen molar-refractivity contribution in [2.45, 2.75) is 19.4 Å². The van der Waals surface area contributed by atoms with Crippen molar-refractivity contribution < 1.29 is 9.47 Å². The minimum absolute atomic E-state index is 0.346. The topological polar surface area (TPSA) is 42.5 Å². The molecular weight excluding hydrogens is 228 g/mol. The molecule has 1 fully saturated rings. The van der Waals surface area contributed by atoms with Crippen molar-refractivity contribution in [3.8, 4) is 11.5 Å². The first-order valence-corrected chi connectivity index (χ1v) is 6.72. The second-order valence-electron chi connectivity index (χ2n) is 4.99. The van der Waals surface area contributed by atoms with Gasteiger partial charge in [-0.15, -0.1) is 0 Å². The van der Waals surface area contributed by atoms with Gasteiger partial charge in [0, 0.05) is 12.1 Å². The van der Waals surface area contributed by atoms with Gasteiger partial charge in [0.15, 0.2) is 11.5 Å². The van der Waals surface area contributed by atoms with Crippen molar-refractivity contribution in [1.82, 2.24) is 10.6 Å². The molecule has 2 heterocycles. The van der Waals surface area contributed by atoms with Crippen molar-refractivity contribution >= 4 is 0 Å². The van der Waals surface area contributed by atoms with Crippen LogP contribution in [0.2, 0.25) is 0 Å². The normalized spacial score (nSPS) is 22.1. The van der Waals surface area contributed by atoms with E-state index >= 15 is 0 Å². The molecule has 3 rings (SSSR count). The van der Waals surface area contributed by atoms with Crippen molar-refractivity contribution in [1.29, 1.82) is 0 Å². The largest absolute Gasteiger partial charge is 0.454 e. The van der Waals surface area contributed by atoms with Gasteiger partial charge in [0.2, 0.25) is 6.79 Å². The highest BCUT2D eigenvalue weighted by Crippen LogP contribution is 2.35. The zero-order chi connectivity index (χ0) is 12.2. The van der Waals surface area contributed by atoms with Crippen molar-refractivity contribution in [2.24, 2.45) is 5.92 Å². The van der Waals surface area contributed by atoms with Crippen LogP contribution in [0.3, 0.4) is 0 Å². The van der Waals surface area contributed by atoms with Crippen LogP contribution in [-0.4, -0.2) is 26.4 Å². The van der Waals surface area contributed by atoms with Crippen LogP contribution in [0, 0.1) is 5.92 Å². The lowest BCUT2D eigenvalue weighted by atomic mass is 10.00. The van der Waals surface area contributed by atoms with E-state index in [1.807, 2.05) is 12.1 Å². The van der Waals surface area contributed by atoms with Gasteiger partial charge in [-0.3, -0.25) is 0 Å². The second-order valence-corrected chi connectivity index (χ2v) is 4.99. The highest BCUT2D eigenvalue weighted by Gasteiger charge is 2.17. The molecule has 4 nitrogen and oxygen atoms in total. The SMILES string of the molecule is c1cc(CNCC2CCCNC2)c2c(c1)OCO2. The van der Waals surface area contributed by atoms with E-state index in [9.17, 15) is 0 Å². The molecule has 1 unspecified atom stereocenters. The summed E-state index contributed by atoms with van der Waals surface area (Å²) >= 11 is 0. The third-order valence-corrected chi connectivity index (χ3v) is 3.63. The Balaban J connectivity index is 1.52. The lowest BCUT2D eigenvalue weighted by molar-refractivity contribution is 0.173. The maximum absolute atomic E-state index is 5.50. The van der Waals surface area contributed by atoms with E-state index in [2.05, 4.69) is 16.7 Å². The fourth-order valence-electron chi connectivity index (χ4n) is 2.64. The molecule has 2 aliphatic heterocycles. The zero-order valence-electron chi connectivity index (χ0n) is 10.6. The number of para-hydroxylation sites is 1. The fourth-order valence-corrected chi connectivity index (χ4v) is 2.64. The zero-order valence-corrected chi connectivity index (χ0v) is 10.6. The highest BCUT2D eigenvalue weighted by molar-refractivity contribution is 5.48. The maximum atomic E-state index is 5.50. The van der Waals surface area contributed by atoms with Crippen LogP contribution in [-0.2, 0) is 6.54 Å². The van der Waals surface area contributed by atoms with Crippen LogP contribution in [0.25, 0.3) is 0 Å². The van der Waals surface area contributed by atoms with Gasteiger partial charge in [-0.25, -0.2) is 0 Å². The molecule has 1 atom stereocenters. The molecule has 2 N–H and O–H groups in total. The highest BCUT2D eigenvalue weighted by atomic mass is 16.7. The summed E-state index contributed by atoms with van der Waals surface area (Å²) in [7, 11) is 0. The van der Waals surface area contributed by atoms with Crippen LogP contribution in [0.4, 0.5) is 0 Å². The van der Waals surface area contributed by atoms with E-state index in [1.54, 1.807) is 0 Å². The van der Waals surface area contributed by atoms with E-state index < -0.39 is 0 Å². The van der Waals surface area contributed by atoms with Gasteiger partial charge in [0.1, 0.15) is 0 Å². The summed E-state index contributed by atoms with van der Waals surface area (Å²) in [6, 6.07) is 6.07. The number of rotatable bonds is 4. The molecule has 0 bridgehead atoms. The Bertz CT molecular complexity index is 403. The minimum atomic E-state index is 0.346. The van der Waals surface area contributed by atoms with Crippen LogP contribution in [0.15, 0.2) is 18.2 Å². The van der Waals surface area contributed by atoms with Crippen LogP contribution >= 0.6 is 0 Å². The number of piperidine rings is 1. The van der Waals surface area contributed by atoms with Gasteiger partial charge < -0.3 is 20.1 Å². The van der Waals surface area contributed by atoms with Gasteiger partial charge in [-0.1, -0.05) is 12.1 Å². The Labute approximate surface area is 108 Å². The molecule has 1 aromatic carbocycles. The fraction of sp³-hybridized carbons (Fsp3) is 0.571. The summed E-state index contributed by atoms with van der Waals surface area (Å²) in [6.07, 6.45) is 2.62. The van der Waals surface area contributed by atoms with E-state index in [-0.39, 0.29) is 0 Å². The summed E-state index contributed by atoms with van der Waals surface area (Å²) in [6.45, 7) is 4.58. The first kappa shape index (κ1) is 11.8. The lowest BCUT2D eigenvalue weighted by Gasteiger charge is -2.23. The molecule has 2 aliphatic rings. The summed E-state index contributed by atoms with van der Waals surface area (Å²) in [5.41, 5.74) is 1.19. The number of fused-ring (bicyclic) bond motifs is 1. The van der Waals surface area contributed by atoms with Crippen LogP contribution in [0.1, 0.15) is 18.4 Å². The molecule has 1 aromatic rings. The molecule has 0 saturated carbocycles. The van der Waals surface area contributed by atoms with E-state index in [0.717, 1.165) is 37.1 Å². The minimum Gasteiger partial charge on any atom is -0.454 e. The molecule has 0 radical (unpaired) electrons. The standard InChI is InChI=1S/C14H20N2O2/c1-4-12(14-13(5-1)17-10-18-14)9-16-8-11-3-2-6-15-7-11/h1,4-5,11,15-16H,2-3,6-10H2. The number of hydrogen-bond donors (Lipinski definition) is 2. The van der Waals surface area contributed by atoms with Gasteiger partial charge in [-0.2, -0.15) is 0 Å². The Morgan fingerprint density at radius 1 is 1.33 bits per heavy atom. The monoisotopic (exact) mass is 248 g/mol. The first-order chi connectivity index (χ1) is 8.93. The molecule has 18 heavy (non-hydrogen) atoms. The third kappa shape index (κ3) is 2.60. The molecular formula is C14H20N2O2. The number of nitrogens with one attached hydrogen (secondary N) is 2. The predicted molar refractivity (Wildman–Crippen MR) is 69.9 cm³/mol. The molecule has 0 aromatic heterocycles. The van der Waals surface area contributed by atoms with Gasteiger partial charge in [0.05, 0.1) is 0 Å². The van der Waals surface area contributed by atoms with Gasteiger partial charge in [0.25, 0.3) is 0 Å². The number of ether oxygens (including phenoxy) is 2. The first-order valence-electron chi connectivity index (χ1n) is 6.72. The summed E-state index contributed by atoms with van der Waals surface area (Å²) in [4.78, 5) is 0. The van der Waals surface area contributed by atoms with E-state index in [4.69, 9.17) is 9.47 Å². The maximum Gasteiger partial charge on any atom is 0.231 e. The Hall–Kier alpha value is -1.26. The summed E-state index contributed by atoms with van der Waals surface area (Å²) < 4.78 is 10.9. The third-order valence-electron chi connectivity index (χ3n) is 3.63. The van der Waals surface area contributed by atoms with Crippen molar-refractivity contribution in [3.63, 3.8) is 0 Å². The van der Waals surface area contributed by atoms with Crippen molar-refractivity contribution in [2.75, 3.05) is 26.4 Å². The van der Waals surface area contributed by atoms with Crippen LogP contribution in [0.5, 0.6) is 11.5 Å². The Kier molecular flexibility index (Phi) is 3.67. The second kappa shape index (κ2) is 5.59. The average Bonchev–Trinajstić information content (AvgIpc) is 2.89. The Morgan fingerprint density at radius 2 is 2.33 bits per heavy atom. The molecule has 0 amide bonds. The molecule has 0 spiro atoms. The summed E-state index contributed by atoms with van der Waals surface area (Å²) in [5, 5.41) is 6.97. The van der Waals surface area contributed by atoms with E-state index in [0.29, 0.717) is 6.79 Å². The number of benzene rings is 1. The summed E-state index contributed by atoms with van der Waals surface area (Å²) in [5.74, 6) is 2.54. The molecule has 1 saturated heterocycles. The molecule has 0 aliphatic carbocycles. The molecule has 98 valence electrons. The van der Waals surface area contributed by atoms with E-state index in [1.165, 1.54) is 24.9 Å². The Morgan fingerprint density at radius 3 is 3.22 bits per heavy atom. The quantitative estimate of drug-likeness (QED) is 0.847. The number of hydrogen-bond acceptors (Lipinski definition) is 4. The predicted octanol–water partition coefficient (Wildman–Crippen LogP) is 1.50. The molecule has 4 heteroatoms. The van der Waals surface area contributed by atoms with Crippen LogP contribution < -0.4 is 20.1 Å². The lowest BCUT2D eigenvalue weighted by Crippen LogP contribution is -2.35. The smallest absolute Gasteiger partial charge is 0.231 e.